The van der Waals surface area contributed by atoms with Crippen molar-refractivity contribution in [2.75, 3.05) is 0 Å². The highest BCUT2D eigenvalue weighted by molar-refractivity contribution is 5.89. The monoisotopic (exact) mass is 343 g/mol. The van der Waals surface area contributed by atoms with E-state index in [1.807, 2.05) is 13.8 Å². The highest BCUT2D eigenvalue weighted by atomic mass is 16.6. The molecular formula is C17H29NO6. The van der Waals surface area contributed by atoms with Crippen LogP contribution in [0.4, 0.5) is 0 Å². The van der Waals surface area contributed by atoms with Gasteiger partial charge >= 0.3 is 11.9 Å². The van der Waals surface area contributed by atoms with Crippen molar-refractivity contribution in [3.63, 3.8) is 0 Å². The number of aliphatic carboxylic acids is 1. The van der Waals surface area contributed by atoms with Crippen molar-refractivity contribution < 1.29 is 29.3 Å². The molecule has 7 heteroatoms. The molecule has 0 saturated carbocycles. The fraction of sp³-hybridized carbons (Fsp3) is 0.765. The molecule has 138 valence electrons. The van der Waals surface area contributed by atoms with E-state index in [4.69, 9.17) is 15.2 Å². The fourth-order valence-corrected chi connectivity index (χ4v) is 2.68. The lowest BCUT2D eigenvalue weighted by molar-refractivity contribution is -0.170. The Morgan fingerprint density at radius 3 is 2.25 bits per heavy atom. The van der Waals surface area contributed by atoms with Gasteiger partial charge in [0.2, 0.25) is 0 Å². The molecule has 0 spiro atoms. The van der Waals surface area contributed by atoms with Gasteiger partial charge in [0.15, 0.2) is 0 Å². The Labute approximate surface area is 142 Å². The number of carboxylic acids is 1. The molecule has 0 bridgehead atoms. The zero-order valence-electron chi connectivity index (χ0n) is 15.0. The van der Waals surface area contributed by atoms with Gasteiger partial charge in [-0.05, 0) is 40.0 Å². The van der Waals surface area contributed by atoms with E-state index < -0.39 is 35.7 Å². The van der Waals surface area contributed by atoms with Crippen LogP contribution >= 0.6 is 0 Å². The minimum atomic E-state index is -1.25. The lowest BCUT2D eigenvalue weighted by atomic mass is 9.82. The number of carbonyl (C=O) groups is 2. The van der Waals surface area contributed by atoms with Crippen LogP contribution in [0.5, 0.6) is 0 Å². The van der Waals surface area contributed by atoms with Crippen LogP contribution in [0, 0.1) is 5.92 Å². The molecule has 0 fully saturated rings. The highest BCUT2D eigenvalue weighted by Gasteiger charge is 2.44. The van der Waals surface area contributed by atoms with Crippen molar-refractivity contribution in [1.29, 1.82) is 0 Å². The lowest BCUT2D eigenvalue weighted by Crippen LogP contribution is -2.49. The van der Waals surface area contributed by atoms with Gasteiger partial charge in [0.25, 0.3) is 0 Å². The Bertz CT molecular complexity index is 504. The highest BCUT2D eigenvalue weighted by Crippen LogP contribution is 2.33. The van der Waals surface area contributed by atoms with E-state index in [9.17, 15) is 19.8 Å². The van der Waals surface area contributed by atoms with Crippen LogP contribution in [0.1, 0.15) is 53.9 Å². The van der Waals surface area contributed by atoms with Crippen LogP contribution < -0.4 is 5.73 Å². The number of hydrogen-bond acceptors (Lipinski definition) is 6. The molecule has 7 nitrogen and oxygen atoms in total. The van der Waals surface area contributed by atoms with E-state index in [0.29, 0.717) is 12.8 Å². The predicted octanol–water partition coefficient (Wildman–Crippen LogP) is 1.58. The SMILES string of the molecule is CCC(CC)O[C@@H]1C(N)=C(C(=O)O)C[C@H](C(=O)OC(C)(C)C)[C@@H]1O. The maximum atomic E-state index is 12.4. The Hall–Kier alpha value is -1.60. The molecule has 3 atom stereocenters. The van der Waals surface area contributed by atoms with Crippen molar-refractivity contribution in [3.8, 4) is 0 Å². The van der Waals surface area contributed by atoms with Crippen LogP contribution in [0.2, 0.25) is 0 Å². The molecular weight excluding hydrogens is 314 g/mol. The largest absolute Gasteiger partial charge is 0.478 e. The summed E-state index contributed by atoms with van der Waals surface area (Å²) in [5.74, 6) is -2.90. The summed E-state index contributed by atoms with van der Waals surface area (Å²) < 4.78 is 11.1. The number of esters is 1. The Morgan fingerprint density at radius 2 is 1.83 bits per heavy atom. The molecule has 0 heterocycles. The fourth-order valence-electron chi connectivity index (χ4n) is 2.68. The third-order valence-electron chi connectivity index (χ3n) is 4.02. The van der Waals surface area contributed by atoms with Gasteiger partial charge in [-0.1, -0.05) is 13.8 Å². The Morgan fingerprint density at radius 1 is 1.29 bits per heavy atom. The summed E-state index contributed by atoms with van der Waals surface area (Å²) in [5, 5.41) is 19.9. The Kier molecular flexibility index (Phi) is 6.80. The molecule has 0 radical (unpaired) electrons. The second-order valence-corrected chi connectivity index (χ2v) is 7.07. The third kappa shape index (κ3) is 4.95. The average molecular weight is 343 g/mol. The van der Waals surface area contributed by atoms with Crippen LogP contribution in [-0.4, -0.2) is 46.1 Å². The number of ether oxygens (including phenoxy) is 2. The third-order valence-corrected chi connectivity index (χ3v) is 4.02. The van der Waals surface area contributed by atoms with Gasteiger partial charge < -0.3 is 25.4 Å². The number of aliphatic hydroxyl groups excluding tert-OH is 1. The first kappa shape index (κ1) is 20.4. The van der Waals surface area contributed by atoms with Crippen LogP contribution in [0.15, 0.2) is 11.3 Å². The standard InChI is InChI=1S/C17H29NO6/c1-6-9(7-2)23-14-12(18)10(15(20)21)8-11(13(14)19)16(22)24-17(3,4)5/h9,11,13-14,19H,6-8,18H2,1-5H3,(H,20,21)/t11-,13-,14+/m0/s1. The zero-order chi connectivity index (χ0) is 18.7. The second-order valence-electron chi connectivity index (χ2n) is 7.07. The van der Waals surface area contributed by atoms with Crippen molar-refractivity contribution in [3.05, 3.63) is 11.3 Å². The molecule has 0 unspecified atom stereocenters. The number of rotatable bonds is 6. The topological polar surface area (TPSA) is 119 Å². The number of hydrogen-bond donors (Lipinski definition) is 3. The summed E-state index contributed by atoms with van der Waals surface area (Å²) in [5.41, 5.74) is 5.06. The molecule has 1 rings (SSSR count). The van der Waals surface area contributed by atoms with Gasteiger partial charge in [-0.25, -0.2) is 4.79 Å². The molecule has 1 aliphatic rings. The van der Waals surface area contributed by atoms with Gasteiger partial charge in [0.05, 0.1) is 29.4 Å². The first-order chi connectivity index (χ1) is 11.0. The van der Waals surface area contributed by atoms with E-state index in [0.717, 1.165) is 0 Å². The van der Waals surface area contributed by atoms with E-state index in [1.54, 1.807) is 20.8 Å². The second kappa shape index (κ2) is 7.98. The summed E-state index contributed by atoms with van der Waals surface area (Å²) in [6.07, 6.45) is -1.27. The smallest absolute Gasteiger partial charge is 0.333 e. The molecule has 0 aliphatic heterocycles. The van der Waals surface area contributed by atoms with Crippen LogP contribution in [-0.2, 0) is 19.1 Å². The summed E-state index contributed by atoms with van der Waals surface area (Å²) in [6.45, 7) is 8.97. The van der Waals surface area contributed by atoms with Gasteiger partial charge in [0, 0.05) is 0 Å². The minimum Gasteiger partial charge on any atom is -0.478 e. The van der Waals surface area contributed by atoms with E-state index in [-0.39, 0.29) is 23.8 Å². The van der Waals surface area contributed by atoms with Crippen molar-refractivity contribution in [1.82, 2.24) is 0 Å². The molecule has 0 aromatic heterocycles. The quantitative estimate of drug-likeness (QED) is 0.626. The van der Waals surface area contributed by atoms with Crippen molar-refractivity contribution in [2.24, 2.45) is 11.7 Å². The minimum absolute atomic E-state index is 0.0262. The number of carboxylic acid groups (broad SMARTS) is 1. The summed E-state index contributed by atoms with van der Waals surface area (Å²) in [7, 11) is 0. The normalized spacial score (nSPS) is 25.0. The maximum absolute atomic E-state index is 12.4. The molecule has 24 heavy (non-hydrogen) atoms. The average Bonchev–Trinajstić information content (AvgIpc) is 2.45. The van der Waals surface area contributed by atoms with E-state index in [2.05, 4.69) is 0 Å². The molecule has 0 aromatic rings. The van der Waals surface area contributed by atoms with Gasteiger partial charge in [-0.2, -0.15) is 0 Å². The first-order valence-electron chi connectivity index (χ1n) is 8.29. The zero-order valence-corrected chi connectivity index (χ0v) is 15.0. The van der Waals surface area contributed by atoms with Gasteiger partial charge in [-0.15, -0.1) is 0 Å². The number of carbonyl (C=O) groups excluding carboxylic acids is 1. The molecule has 4 N–H and O–H groups in total. The Balaban J connectivity index is 3.14. The molecule has 0 saturated heterocycles. The summed E-state index contributed by atoms with van der Waals surface area (Å²) >= 11 is 0. The number of nitrogens with two attached hydrogens (primary N) is 1. The maximum Gasteiger partial charge on any atom is 0.333 e. The molecule has 1 aliphatic carbocycles. The predicted molar refractivity (Wildman–Crippen MR) is 88.1 cm³/mol. The lowest BCUT2D eigenvalue weighted by Gasteiger charge is -2.37. The van der Waals surface area contributed by atoms with Crippen LogP contribution in [0.3, 0.4) is 0 Å². The molecule has 0 aromatic carbocycles. The van der Waals surface area contributed by atoms with Gasteiger partial charge in [-0.3, -0.25) is 4.79 Å². The van der Waals surface area contributed by atoms with Crippen molar-refractivity contribution >= 4 is 11.9 Å². The summed E-state index contributed by atoms with van der Waals surface area (Å²) in [4.78, 5) is 23.8. The van der Waals surface area contributed by atoms with Crippen LogP contribution in [0.25, 0.3) is 0 Å². The van der Waals surface area contributed by atoms with E-state index >= 15 is 0 Å². The molecule has 0 amide bonds. The van der Waals surface area contributed by atoms with E-state index in [1.165, 1.54) is 0 Å². The first-order valence-corrected chi connectivity index (χ1v) is 8.29. The van der Waals surface area contributed by atoms with Gasteiger partial charge in [0.1, 0.15) is 11.7 Å². The van der Waals surface area contributed by atoms with Crippen molar-refractivity contribution in [2.45, 2.75) is 77.8 Å². The number of aliphatic hydroxyl groups is 1. The summed E-state index contributed by atoms with van der Waals surface area (Å²) in [6, 6.07) is 0.